The standard InChI is InChI=1S/C25H34N2O9/c1-25(17-35-36-22(28)16-18-8-2-3-9-19(18)27(30)31)20(12-15-34-23-11-5-7-14-33-23)26(24(25)29)21-10-4-6-13-32-21/h2-3,8-9,20-21,23H,4-7,10-17H2,1H3. The number of hydrogen-bond acceptors (Lipinski definition) is 9. The average molecular weight is 507 g/mol. The van der Waals surface area contributed by atoms with Crippen molar-refractivity contribution < 1.29 is 38.5 Å². The average Bonchev–Trinajstić information content (AvgIpc) is 2.89. The van der Waals surface area contributed by atoms with Crippen LogP contribution < -0.4 is 0 Å². The molecule has 0 saturated carbocycles. The van der Waals surface area contributed by atoms with E-state index in [-0.39, 0.29) is 48.7 Å². The van der Waals surface area contributed by atoms with E-state index < -0.39 is 16.3 Å². The van der Waals surface area contributed by atoms with E-state index >= 15 is 0 Å². The Morgan fingerprint density at radius 3 is 2.61 bits per heavy atom. The molecule has 3 saturated heterocycles. The summed E-state index contributed by atoms with van der Waals surface area (Å²) in [4.78, 5) is 48.0. The van der Waals surface area contributed by atoms with Crippen molar-refractivity contribution in [1.82, 2.24) is 4.90 Å². The monoisotopic (exact) mass is 506 g/mol. The molecule has 1 aromatic carbocycles. The van der Waals surface area contributed by atoms with Gasteiger partial charge >= 0.3 is 5.97 Å². The first-order valence-electron chi connectivity index (χ1n) is 12.6. The molecule has 0 bridgehead atoms. The topological polar surface area (TPSA) is 127 Å². The zero-order valence-corrected chi connectivity index (χ0v) is 20.6. The Balaban J connectivity index is 1.33. The van der Waals surface area contributed by atoms with E-state index in [1.807, 2.05) is 0 Å². The number of likely N-dealkylation sites (tertiary alicyclic amines) is 1. The summed E-state index contributed by atoms with van der Waals surface area (Å²) in [6, 6.07) is 5.73. The minimum atomic E-state index is -0.920. The van der Waals surface area contributed by atoms with E-state index in [2.05, 4.69) is 0 Å². The van der Waals surface area contributed by atoms with E-state index in [9.17, 15) is 19.7 Å². The summed E-state index contributed by atoms with van der Waals surface area (Å²) in [6.45, 7) is 3.37. The molecule has 0 aromatic heterocycles. The van der Waals surface area contributed by atoms with Gasteiger partial charge in [-0.1, -0.05) is 18.2 Å². The Kier molecular flexibility index (Phi) is 8.89. The quantitative estimate of drug-likeness (QED) is 0.192. The maximum absolute atomic E-state index is 13.2. The van der Waals surface area contributed by atoms with E-state index in [0.29, 0.717) is 26.2 Å². The summed E-state index contributed by atoms with van der Waals surface area (Å²) in [6.07, 6.45) is 5.44. The zero-order valence-electron chi connectivity index (χ0n) is 20.6. The lowest BCUT2D eigenvalue weighted by atomic mass is 9.71. The molecule has 3 aliphatic rings. The highest BCUT2D eigenvalue weighted by molar-refractivity contribution is 5.90. The number of hydrogen-bond donors (Lipinski definition) is 0. The van der Waals surface area contributed by atoms with Crippen molar-refractivity contribution in [3.63, 3.8) is 0 Å². The number of nitro groups is 1. The van der Waals surface area contributed by atoms with Gasteiger partial charge in [0.25, 0.3) is 5.69 Å². The maximum Gasteiger partial charge on any atom is 0.346 e. The molecule has 0 radical (unpaired) electrons. The van der Waals surface area contributed by atoms with Gasteiger partial charge in [0, 0.05) is 24.8 Å². The van der Waals surface area contributed by atoms with Crippen molar-refractivity contribution in [2.24, 2.45) is 5.41 Å². The number of nitrogens with zero attached hydrogens (tertiary/aromatic N) is 2. The van der Waals surface area contributed by atoms with Crippen molar-refractivity contribution in [3.8, 4) is 0 Å². The van der Waals surface area contributed by atoms with Crippen LogP contribution in [0.3, 0.4) is 0 Å². The summed E-state index contributed by atoms with van der Waals surface area (Å²) in [5.41, 5.74) is -0.861. The molecule has 198 valence electrons. The summed E-state index contributed by atoms with van der Waals surface area (Å²) >= 11 is 0. The Morgan fingerprint density at radius 1 is 1.17 bits per heavy atom. The van der Waals surface area contributed by atoms with E-state index in [1.165, 1.54) is 18.2 Å². The molecule has 0 spiro atoms. The van der Waals surface area contributed by atoms with Crippen LogP contribution in [-0.4, -0.2) is 66.7 Å². The van der Waals surface area contributed by atoms with Crippen LogP contribution in [0, 0.1) is 15.5 Å². The van der Waals surface area contributed by atoms with Gasteiger partial charge in [-0.3, -0.25) is 19.8 Å². The number of amides is 1. The molecule has 0 N–H and O–H groups in total. The molecule has 3 aliphatic heterocycles. The van der Waals surface area contributed by atoms with Crippen molar-refractivity contribution in [3.05, 3.63) is 39.9 Å². The molecule has 11 heteroatoms. The molecule has 1 amide bonds. The van der Waals surface area contributed by atoms with Crippen molar-refractivity contribution in [1.29, 1.82) is 0 Å². The second-order valence-corrected chi connectivity index (χ2v) is 9.70. The number of ether oxygens (including phenoxy) is 3. The molecule has 0 aliphatic carbocycles. The number of carbonyl (C=O) groups is 2. The van der Waals surface area contributed by atoms with E-state index in [4.69, 9.17) is 24.0 Å². The van der Waals surface area contributed by atoms with Crippen LogP contribution in [0.25, 0.3) is 0 Å². The lowest BCUT2D eigenvalue weighted by Crippen LogP contribution is -2.72. The number of para-hydroxylation sites is 1. The fourth-order valence-electron chi connectivity index (χ4n) is 5.10. The predicted octanol–water partition coefficient (Wildman–Crippen LogP) is 3.29. The maximum atomic E-state index is 13.2. The van der Waals surface area contributed by atoms with Crippen LogP contribution in [0.15, 0.2) is 24.3 Å². The highest BCUT2D eigenvalue weighted by Gasteiger charge is 2.60. The van der Waals surface area contributed by atoms with Gasteiger partial charge in [0.15, 0.2) is 6.29 Å². The van der Waals surface area contributed by atoms with Crippen LogP contribution in [0.2, 0.25) is 0 Å². The number of rotatable bonds is 11. The second kappa shape index (κ2) is 12.1. The van der Waals surface area contributed by atoms with Crippen LogP contribution in [-0.2, 0) is 40.0 Å². The van der Waals surface area contributed by atoms with Crippen LogP contribution in [0.5, 0.6) is 0 Å². The van der Waals surface area contributed by atoms with Gasteiger partial charge in [0.1, 0.15) is 12.8 Å². The first kappa shape index (κ1) is 26.5. The molecule has 4 unspecified atom stereocenters. The number of nitro benzene ring substituents is 1. The molecule has 3 heterocycles. The van der Waals surface area contributed by atoms with Gasteiger partial charge in [-0.2, -0.15) is 4.89 Å². The Morgan fingerprint density at radius 2 is 1.92 bits per heavy atom. The van der Waals surface area contributed by atoms with Crippen LogP contribution in [0.4, 0.5) is 5.69 Å². The normalized spacial score (nSPS) is 28.4. The minimum Gasteiger partial charge on any atom is -0.358 e. The number of carbonyl (C=O) groups excluding carboxylic acids is 2. The molecule has 36 heavy (non-hydrogen) atoms. The van der Waals surface area contributed by atoms with Gasteiger partial charge in [-0.05, 0) is 51.9 Å². The Labute approximate surface area is 210 Å². The molecule has 4 atom stereocenters. The number of benzene rings is 1. The zero-order chi connectivity index (χ0) is 25.5. The highest BCUT2D eigenvalue weighted by atomic mass is 17.2. The SMILES string of the molecule is CC1(COOC(=O)Cc2ccccc2[N+](=O)[O-])C(=O)N(C2CCCCO2)C1CCOC1CCCCO1. The molecule has 4 rings (SSSR count). The first-order chi connectivity index (χ1) is 17.4. The molecule has 1 aromatic rings. The minimum absolute atomic E-state index is 0.122. The molecular formula is C25H34N2O9. The van der Waals surface area contributed by atoms with Crippen LogP contribution in [0.1, 0.15) is 57.4 Å². The summed E-state index contributed by atoms with van der Waals surface area (Å²) < 4.78 is 17.4. The second-order valence-electron chi connectivity index (χ2n) is 9.70. The fraction of sp³-hybridized carbons (Fsp3) is 0.680. The van der Waals surface area contributed by atoms with Crippen molar-refractivity contribution in [2.45, 2.75) is 76.9 Å². The van der Waals surface area contributed by atoms with E-state index in [0.717, 1.165) is 38.5 Å². The lowest BCUT2D eigenvalue weighted by molar-refractivity contribution is -0.385. The summed E-state index contributed by atoms with van der Waals surface area (Å²) in [5, 5.41) is 11.2. The van der Waals surface area contributed by atoms with Gasteiger partial charge in [0.2, 0.25) is 5.91 Å². The third-order valence-electron chi connectivity index (χ3n) is 7.13. The largest absolute Gasteiger partial charge is 0.358 e. The molecular weight excluding hydrogens is 472 g/mol. The summed E-state index contributed by atoms with van der Waals surface area (Å²) in [7, 11) is 0. The van der Waals surface area contributed by atoms with Crippen molar-refractivity contribution in [2.75, 3.05) is 26.4 Å². The van der Waals surface area contributed by atoms with Gasteiger partial charge < -0.3 is 19.1 Å². The predicted molar refractivity (Wildman–Crippen MR) is 125 cm³/mol. The van der Waals surface area contributed by atoms with Crippen molar-refractivity contribution >= 4 is 17.6 Å². The molecule has 3 fully saturated rings. The lowest BCUT2D eigenvalue weighted by Gasteiger charge is -2.57. The van der Waals surface area contributed by atoms with Gasteiger partial charge in [-0.25, -0.2) is 4.79 Å². The third-order valence-corrected chi connectivity index (χ3v) is 7.13. The number of β-lactam (4-membered cyclic amide) rings is 1. The van der Waals surface area contributed by atoms with Crippen LogP contribution >= 0.6 is 0 Å². The fourth-order valence-corrected chi connectivity index (χ4v) is 5.10. The Hall–Kier alpha value is -2.60. The molecule has 11 nitrogen and oxygen atoms in total. The van der Waals surface area contributed by atoms with Gasteiger partial charge in [0.05, 0.1) is 29.4 Å². The Bertz CT molecular complexity index is 930. The van der Waals surface area contributed by atoms with Gasteiger partial charge in [-0.15, -0.1) is 0 Å². The smallest absolute Gasteiger partial charge is 0.346 e. The first-order valence-corrected chi connectivity index (χ1v) is 12.6. The summed E-state index contributed by atoms with van der Waals surface area (Å²) in [5.74, 6) is -0.899. The third kappa shape index (κ3) is 6.03. The van der Waals surface area contributed by atoms with E-state index in [1.54, 1.807) is 17.9 Å². The highest BCUT2D eigenvalue weighted by Crippen LogP contribution is 2.44.